The average Bonchev–Trinajstić information content (AvgIpc) is 3.19. The summed E-state index contributed by atoms with van der Waals surface area (Å²) < 4.78 is 33.5. The van der Waals surface area contributed by atoms with E-state index in [0.29, 0.717) is 18.7 Å². The molecule has 1 aliphatic heterocycles. The van der Waals surface area contributed by atoms with Crippen molar-refractivity contribution in [3.05, 3.63) is 93.5 Å². The smallest absolute Gasteiger partial charge is 0.338 e. The molecule has 0 aromatic heterocycles. The van der Waals surface area contributed by atoms with Crippen LogP contribution in [0.1, 0.15) is 32.6 Å². The number of carbonyl (C=O) groups excluding carboxylic acids is 1. The first-order valence-electron chi connectivity index (χ1n) is 9.91. The Morgan fingerprint density at radius 3 is 2.65 bits per heavy atom. The van der Waals surface area contributed by atoms with Crippen LogP contribution in [0.25, 0.3) is 0 Å². The number of fused-ring (bicyclic) bond motifs is 1. The van der Waals surface area contributed by atoms with Crippen molar-refractivity contribution in [2.45, 2.75) is 31.8 Å². The van der Waals surface area contributed by atoms with Crippen LogP contribution in [0, 0.1) is 13.8 Å². The second kappa shape index (κ2) is 8.36. The van der Waals surface area contributed by atoms with Crippen LogP contribution in [0.4, 0.5) is 5.69 Å². The van der Waals surface area contributed by atoms with Crippen LogP contribution in [0.3, 0.4) is 0 Å². The van der Waals surface area contributed by atoms with Gasteiger partial charge in [0.05, 0.1) is 16.3 Å². The number of carbonyl (C=O) groups is 1. The van der Waals surface area contributed by atoms with Crippen LogP contribution in [0.5, 0.6) is 0 Å². The van der Waals surface area contributed by atoms with E-state index in [2.05, 4.69) is 0 Å². The van der Waals surface area contributed by atoms with Gasteiger partial charge in [-0.05, 0) is 61.2 Å². The van der Waals surface area contributed by atoms with Crippen molar-refractivity contribution >= 4 is 33.3 Å². The van der Waals surface area contributed by atoms with E-state index in [9.17, 15) is 13.2 Å². The Labute approximate surface area is 187 Å². The zero-order valence-electron chi connectivity index (χ0n) is 17.3. The average molecular weight is 456 g/mol. The molecule has 1 heterocycles. The van der Waals surface area contributed by atoms with Crippen molar-refractivity contribution in [2.75, 3.05) is 10.8 Å². The molecule has 160 valence electrons. The maximum atomic E-state index is 13.3. The molecule has 0 unspecified atom stereocenters. The molecule has 31 heavy (non-hydrogen) atoms. The molecule has 0 spiro atoms. The summed E-state index contributed by atoms with van der Waals surface area (Å²) in [7, 11) is -3.92. The lowest BCUT2D eigenvalue weighted by molar-refractivity contribution is 0.0471. The molecule has 0 fully saturated rings. The van der Waals surface area contributed by atoms with E-state index in [1.165, 1.54) is 22.5 Å². The van der Waals surface area contributed by atoms with E-state index in [1.807, 2.05) is 44.2 Å². The van der Waals surface area contributed by atoms with Gasteiger partial charge in [-0.3, -0.25) is 4.31 Å². The van der Waals surface area contributed by atoms with Crippen LogP contribution in [-0.2, 0) is 27.8 Å². The summed E-state index contributed by atoms with van der Waals surface area (Å²) in [5.41, 5.74) is 4.74. The monoisotopic (exact) mass is 455 g/mol. The Morgan fingerprint density at radius 1 is 1.06 bits per heavy atom. The lowest BCUT2D eigenvalue weighted by atomic mass is 10.1. The minimum Gasteiger partial charge on any atom is -0.457 e. The van der Waals surface area contributed by atoms with Crippen LogP contribution < -0.4 is 4.31 Å². The fraction of sp³-hybridized carbons (Fsp3) is 0.208. The predicted octanol–water partition coefficient (Wildman–Crippen LogP) is 5.07. The molecule has 1 aliphatic rings. The summed E-state index contributed by atoms with van der Waals surface area (Å²) in [6, 6.07) is 17.5. The Morgan fingerprint density at radius 2 is 1.84 bits per heavy atom. The quantitative estimate of drug-likeness (QED) is 0.504. The summed E-state index contributed by atoms with van der Waals surface area (Å²) in [5, 5.41) is 0.0652. The molecule has 0 amide bonds. The number of nitrogens with zero attached hydrogens (tertiary/aromatic N) is 1. The largest absolute Gasteiger partial charge is 0.457 e. The summed E-state index contributed by atoms with van der Waals surface area (Å²) in [6.07, 6.45) is 0.630. The predicted molar refractivity (Wildman–Crippen MR) is 121 cm³/mol. The van der Waals surface area contributed by atoms with Gasteiger partial charge in [0.1, 0.15) is 11.5 Å². The lowest BCUT2D eigenvalue weighted by Gasteiger charge is -2.20. The van der Waals surface area contributed by atoms with E-state index in [4.69, 9.17) is 16.3 Å². The molecule has 7 heteroatoms. The maximum absolute atomic E-state index is 13.3. The van der Waals surface area contributed by atoms with E-state index in [-0.39, 0.29) is 22.1 Å². The number of anilines is 1. The van der Waals surface area contributed by atoms with Crippen LogP contribution in [0.2, 0.25) is 5.02 Å². The molecule has 4 rings (SSSR count). The SMILES string of the molecule is Cc1ccc(C)c(COC(=O)c2ccc(Cl)c(S(=O)(=O)N3CCc4ccccc43)c2)c1. The molecule has 0 saturated carbocycles. The van der Waals surface area contributed by atoms with Gasteiger partial charge >= 0.3 is 5.97 Å². The molecule has 0 atom stereocenters. The highest BCUT2D eigenvalue weighted by molar-refractivity contribution is 7.93. The number of aryl methyl sites for hydroxylation is 2. The number of esters is 1. The molecule has 0 N–H and O–H groups in total. The molecule has 3 aromatic rings. The van der Waals surface area contributed by atoms with Crippen molar-refractivity contribution < 1.29 is 17.9 Å². The normalized spacial score (nSPS) is 13.2. The van der Waals surface area contributed by atoms with Gasteiger partial charge in [-0.2, -0.15) is 0 Å². The van der Waals surface area contributed by atoms with Gasteiger partial charge in [0.2, 0.25) is 0 Å². The number of ether oxygens (including phenoxy) is 1. The number of benzene rings is 3. The Bertz CT molecular complexity index is 1270. The highest BCUT2D eigenvalue weighted by Gasteiger charge is 2.32. The fourth-order valence-electron chi connectivity index (χ4n) is 3.69. The van der Waals surface area contributed by atoms with Gasteiger partial charge in [0.15, 0.2) is 0 Å². The molecule has 3 aromatic carbocycles. The first-order valence-corrected chi connectivity index (χ1v) is 11.7. The zero-order valence-corrected chi connectivity index (χ0v) is 18.8. The first-order chi connectivity index (χ1) is 14.8. The van der Waals surface area contributed by atoms with Crippen molar-refractivity contribution in [3.8, 4) is 0 Å². The number of para-hydroxylation sites is 1. The number of hydrogen-bond donors (Lipinski definition) is 0. The number of halogens is 1. The summed E-state index contributed by atoms with van der Waals surface area (Å²) >= 11 is 6.24. The first kappa shape index (κ1) is 21.4. The van der Waals surface area contributed by atoms with Gasteiger partial charge in [-0.1, -0.05) is 53.6 Å². The van der Waals surface area contributed by atoms with E-state index >= 15 is 0 Å². The lowest BCUT2D eigenvalue weighted by Crippen LogP contribution is -2.29. The van der Waals surface area contributed by atoms with E-state index < -0.39 is 16.0 Å². The highest BCUT2D eigenvalue weighted by Crippen LogP contribution is 2.35. The number of sulfonamides is 1. The van der Waals surface area contributed by atoms with Gasteiger partial charge < -0.3 is 4.74 Å². The Kier molecular flexibility index (Phi) is 5.77. The van der Waals surface area contributed by atoms with E-state index in [1.54, 1.807) is 12.1 Å². The van der Waals surface area contributed by atoms with E-state index in [0.717, 1.165) is 22.3 Å². The van der Waals surface area contributed by atoms with Gasteiger partial charge in [-0.25, -0.2) is 13.2 Å². The van der Waals surface area contributed by atoms with Gasteiger partial charge in [0.25, 0.3) is 10.0 Å². The van der Waals surface area contributed by atoms with Crippen molar-refractivity contribution in [1.29, 1.82) is 0 Å². The summed E-state index contributed by atoms with van der Waals surface area (Å²) in [6.45, 7) is 4.36. The summed E-state index contributed by atoms with van der Waals surface area (Å²) in [4.78, 5) is 12.5. The van der Waals surface area contributed by atoms with Crippen LogP contribution in [0.15, 0.2) is 65.6 Å². The number of hydrogen-bond acceptors (Lipinski definition) is 4. The van der Waals surface area contributed by atoms with Crippen LogP contribution >= 0.6 is 11.6 Å². The second-order valence-corrected chi connectivity index (χ2v) is 9.85. The van der Waals surface area contributed by atoms with Crippen molar-refractivity contribution in [2.24, 2.45) is 0 Å². The molecule has 0 aliphatic carbocycles. The molecule has 0 bridgehead atoms. The third kappa shape index (κ3) is 4.18. The zero-order chi connectivity index (χ0) is 22.2. The second-order valence-electron chi connectivity index (χ2n) is 7.61. The molecular formula is C24H22ClNO4S. The van der Waals surface area contributed by atoms with Crippen molar-refractivity contribution in [1.82, 2.24) is 0 Å². The molecular weight excluding hydrogens is 434 g/mol. The standard InChI is InChI=1S/C24H22ClNO4S/c1-16-7-8-17(2)20(13-16)15-30-24(27)19-9-10-21(25)23(14-19)31(28,29)26-12-11-18-5-3-4-6-22(18)26/h3-10,13-14H,11-12,15H2,1-2H3. The molecule has 0 saturated heterocycles. The molecule has 0 radical (unpaired) electrons. The fourth-order valence-corrected chi connectivity index (χ4v) is 5.69. The summed E-state index contributed by atoms with van der Waals surface area (Å²) in [5.74, 6) is -0.601. The van der Waals surface area contributed by atoms with Crippen molar-refractivity contribution in [3.63, 3.8) is 0 Å². The van der Waals surface area contributed by atoms with Gasteiger partial charge in [0, 0.05) is 6.54 Å². The third-order valence-electron chi connectivity index (χ3n) is 5.44. The topological polar surface area (TPSA) is 63.7 Å². The molecule has 5 nitrogen and oxygen atoms in total. The highest BCUT2D eigenvalue weighted by atomic mass is 35.5. The van der Waals surface area contributed by atoms with Crippen LogP contribution in [-0.4, -0.2) is 20.9 Å². The van der Waals surface area contributed by atoms with Gasteiger partial charge in [-0.15, -0.1) is 0 Å². The minimum absolute atomic E-state index is 0.0652. The maximum Gasteiger partial charge on any atom is 0.338 e. The Balaban J connectivity index is 1.60. The Hall–Kier alpha value is -2.83. The third-order valence-corrected chi connectivity index (χ3v) is 7.74. The minimum atomic E-state index is -3.92. The number of rotatable bonds is 5.